The first-order valence-electron chi connectivity index (χ1n) is 10.2. The van der Waals surface area contributed by atoms with E-state index in [0.717, 1.165) is 0 Å². The number of carbonyl (C=O) groups is 4. The first-order chi connectivity index (χ1) is 16.6. The maximum absolute atomic E-state index is 13.4. The fourth-order valence-corrected chi connectivity index (χ4v) is 3.40. The molecule has 1 aliphatic heterocycles. The van der Waals surface area contributed by atoms with Crippen molar-refractivity contribution in [3.63, 3.8) is 0 Å². The standard InChI is InChI=1S/C20H22FN7O7/c21-12(18(32)33)5-13(19(34)35)25-16(30)9-1-3-10(4-2-9)23-6-11-7-24-15-14(28(11)8-29)17(31)27-20(22)26-15/h1-4,8,11-13,23H,5-7H2,(H,25,30)(H,32,33)(H,34,35)(H4,22,24,26,27,31)/t11?,12?,13-/m1/s1. The molecule has 2 heterocycles. The lowest BCUT2D eigenvalue weighted by Crippen LogP contribution is -2.50. The Morgan fingerprint density at radius 3 is 2.54 bits per heavy atom. The number of nitrogens with two attached hydrogens (primary N) is 1. The fourth-order valence-electron chi connectivity index (χ4n) is 3.40. The molecule has 1 aromatic carbocycles. The number of fused-ring (bicyclic) bond motifs is 1. The highest BCUT2D eigenvalue weighted by Gasteiger charge is 2.30. The van der Waals surface area contributed by atoms with Gasteiger partial charge >= 0.3 is 11.9 Å². The Morgan fingerprint density at radius 1 is 1.26 bits per heavy atom. The van der Waals surface area contributed by atoms with E-state index in [1.54, 1.807) is 0 Å². The topological polar surface area (TPSA) is 220 Å². The zero-order valence-electron chi connectivity index (χ0n) is 18.0. The Morgan fingerprint density at radius 2 is 1.94 bits per heavy atom. The summed E-state index contributed by atoms with van der Waals surface area (Å²) in [5.41, 5.74) is 5.59. The largest absolute Gasteiger partial charge is 0.480 e. The molecule has 8 N–H and O–H groups in total. The van der Waals surface area contributed by atoms with Crippen LogP contribution in [-0.2, 0) is 14.4 Å². The number of aromatic amines is 1. The maximum Gasteiger partial charge on any atom is 0.338 e. The van der Waals surface area contributed by atoms with Gasteiger partial charge in [0.25, 0.3) is 11.5 Å². The van der Waals surface area contributed by atoms with Gasteiger partial charge in [-0.2, -0.15) is 4.98 Å². The van der Waals surface area contributed by atoms with Gasteiger partial charge in [-0.15, -0.1) is 0 Å². The van der Waals surface area contributed by atoms with E-state index in [1.165, 1.54) is 29.2 Å². The summed E-state index contributed by atoms with van der Waals surface area (Å²) in [6.45, 7) is 0.492. The number of rotatable bonds is 10. The molecule has 35 heavy (non-hydrogen) atoms. The zero-order chi connectivity index (χ0) is 25.7. The summed E-state index contributed by atoms with van der Waals surface area (Å²) in [5, 5.41) is 25.8. The van der Waals surface area contributed by atoms with Crippen LogP contribution in [0.2, 0.25) is 0 Å². The summed E-state index contributed by atoms with van der Waals surface area (Å²) < 4.78 is 13.4. The second-order valence-corrected chi connectivity index (χ2v) is 7.56. The molecule has 2 aromatic rings. The summed E-state index contributed by atoms with van der Waals surface area (Å²) in [5.74, 6) is -4.12. The number of nitrogen functional groups attached to an aromatic ring is 1. The van der Waals surface area contributed by atoms with Crippen LogP contribution in [-0.4, -0.2) is 75.8 Å². The van der Waals surface area contributed by atoms with Gasteiger partial charge in [0.15, 0.2) is 17.7 Å². The predicted octanol–water partition coefficient (Wildman–Crippen LogP) is -0.783. The van der Waals surface area contributed by atoms with Crippen molar-refractivity contribution in [2.45, 2.75) is 24.7 Å². The number of hydrogen-bond donors (Lipinski definition) is 7. The zero-order valence-corrected chi connectivity index (χ0v) is 18.0. The maximum atomic E-state index is 13.4. The molecule has 1 aromatic heterocycles. The minimum atomic E-state index is -2.45. The van der Waals surface area contributed by atoms with Crippen LogP contribution in [0, 0.1) is 0 Å². The summed E-state index contributed by atoms with van der Waals surface area (Å²) in [7, 11) is 0. The smallest absolute Gasteiger partial charge is 0.338 e. The van der Waals surface area contributed by atoms with Crippen LogP contribution in [0.3, 0.4) is 0 Å². The van der Waals surface area contributed by atoms with Crippen LogP contribution in [0.1, 0.15) is 16.8 Å². The molecule has 0 aliphatic carbocycles. The molecular formula is C20H22FN7O7. The number of aromatic nitrogens is 2. The van der Waals surface area contributed by atoms with E-state index in [2.05, 4.69) is 25.9 Å². The Hall–Kier alpha value is -4.69. The van der Waals surface area contributed by atoms with Gasteiger partial charge in [-0.25, -0.2) is 14.0 Å². The minimum absolute atomic E-state index is 0.0330. The first-order valence-corrected chi connectivity index (χ1v) is 10.2. The number of alkyl halides is 1. The molecule has 0 fully saturated rings. The van der Waals surface area contributed by atoms with Crippen LogP contribution < -0.4 is 32.1 Å². The SMILES string of the molecule is Nc1nc2c(c(=O)[nH]1)N(C=O)C(CNc1ccc(C(=O)N[C@H](CC(F)C(=O)O)C(=O)O)cc1)CN2. The highest BCUT2D eigenvalue weighted by atomic mass is 19.1. The molecule has 14 nitrogen and oxygen atoms in total. The lowest BCUT2D eigenvalue weighted by Gasteiger charge is -2.34. The van der Waals surface area contributed by atoms with Crippen molar-refractivity contribution in [3.05, 3.63) is 40.2 Å². The molecule has 0 saturated carbocycles. The van der Waals surface area contributed by atoms with Crippen molar-refractivity contribution in [1.29, 1.82) is 0 Å². The van der Waals surface area contributed by atoms with Crippen molar-refractivity contribution in [3.8, 4) is 0 Å². The third-order valence-corrected chi connectivity index (χ3v) is 5.19. The van der Waals surface area contributed by atoms with E-state index in [4.69, 9.17) is 15.9 Å². The number of nitrogens with one attached hydrogen (secondary N) is 4. The van der Waals surface area contributed by atoms with Gasteiger partial charge < -0.3 is 36.8 Å². The number of halogens is 1. The van der Waals surface area contributed by atoms with Crippen molar-refractivity contribution >= 4 is 47.4 Å². The normalized spacial score (nSPS) is 16.3. The molecule has 15 heteroatoms. The van der Waals surface area contributed by atoms with Crippen molar-refractivity contribution in [2.24, 2.45) is 0 Å². The number of nitrogens with zero attached hydrogens (tertiary/aromatic N) is 2. The van der Waals surface area contributed by atoms with Crippen LogP contribution in [0.15, 0.2) is 29.1 Å². The van der Waals surface area contributed by atoms with E-state index in [1.807, 2.05) is 0 Å². The molecular weight excluding hydrogens is 469 g/mol. The second kappa shape index (κ2) is 10.5. The molecule has 0 spiro atoms. The van der Waals surface area contributed by atoms with Crippen molar-refractivity contribution in [2.75, 3.05) is 34.4 Å². The van der Waals surface area contributed by atoms with Gasteiger partial charge in [0.05, 0.1) is 6.04 Å². The molecule has 1 aliphatic rings. The number of carbonyl (C=O) groups excluding carboxylic acids is 2. The van der Waals surface area contributed by atoms with Crippen LogP contribution in [0.5, 0.6) is 0 Å². The molecule has 0 saturated heterocycles. The molecule has 0 radical (unpaired) electrons. The summed E-state index contributed by atoms with van der Waals surface area (Å²) in [6.07, 6.45) is -2.86. The quantitative estimate of drug-likeness (QED) is 0.204. The summed E-state index contributed by atoms with van der Waals surface area (Å²) in [4.78, 5) is 65.6. The number of anilines is 4. The number of H-pyrrole nitrogens is 1. The third kappa shape index (κ3) is 5.82. The highest BCUT2D eigenvalue weighted by Crippen LogP contribution is 2.25. The summed E-state index contributed by atoms with van der Waals surface area (Å²) in [6, 6.07) is 3.60. The van der Waals surface area contributed by atoms with E-state index < -0.39 is 48.1 Å². The average molecular weight is 491 g/mol. The Labute approximate surface area is 196 Å². The van der Waals surface area contributed by atoms with Crippen LogP contribution >= 0.6 is 0 Å². The molecule has 2 unspecified atom stereocenters. The Bertz CT molecular complexity index is 1190. The van der Waals surface area contributed by atoms with Gasteiger partial charge in [0.2, 0.25) is 12.4 Å². The summed E-state index contributed by atoms with van der Waals surface area (Å²) >= 11 is 0. The molecule has 3 rings (SSSR count). The van der Waals surface area contributed by atoms with Gasteiger partial charge in [0, 0.05) is 30.8 Å². The van der Waals surface area contributed by atoms with Crippen LogP contribution in [0.25, 0.3) is 0 Å². The number of carboxylic acid groups (broad SMARTS) is 2. The van der Waals surface area contributed by atoms with E-state index >= 15 is 0 Å². The number of benzene rings is 1. The van der Waals surface area contributed by atoms with E-state index in [-0.39, 0.29) is 36.1 Å². The monoisotopic (exact) mass is 491 g/mol. The van der Waals surface area contributed by atoms with Crippen LogP contribution in [0.4, 0.5) is 27.5 Å². The third-order valence-electron chi connectivity index (χ3n) is 5.19. The van der Waals surface area contributed by atoms with Crippen molar-refractivity contribution < 1.29 is 33.8 Å². The molecule has 3 atom stereocenters. The molecule has 186 valence electrons. The number of carboxylic acids is 2. The Kier molecular flexibility index (Phi) is 7.48. The fraction of sp³-hybridized carbons (Fsp3) is 0.300. The first kappa shape index (κ1) is 24.9. The van der Waals surface area contributed by atoms with E-state index in [0.29, 0.717) is 12.1 Å². The molecule has 2 amide bonds. The molecule has 0 bridgehead atoms. The van der Waals surface area contributed by atoms with Gasteiger partial charge in [0.1, 0.15) is 6.04 Å². The Balaban J connectivity index is 1.62. The number of hydrogen-bond acceptors (Lipinski definition) is 9. The van der Waals surface area contributed by atoms with Gasteiger partial charge in [-0.3, -0.25) is 19.4 Å². The minimum Gasteiger partial charge on any atom is -0.480 e. The van der Waals surface area contributed by atoms with E-state index in [9.17, 15) is 28.4 Å². The second-order valence-electron chi connectivity index (χ2n) is 7.56. The average Bonchev–Trinajstić information content (AvgIpc) is 2.81. The van der Waals surface area contributed by atoms with Crippen molar-refractivity contribution in [1.82, 2.24) is 15.3 Å². The predicted molar refractivity (Wildman–Crippen MR) is 121 cm³/mol. The lowest BCUT2D eigenvalue weighted by atomic mass is 10.1. The van der Waals surface area contributed by atoms with Gasteiger partial charge in [-0.1, -0.05) is 0 Å². The van der Waals surface area contributed by atoms with Gasteiger partial charge in [-0.05, 0) is 24.3 Å². The number of amides is 2. The lowest BCUT2D eigenvalue weighted by molar-refractivity contribution is -0.145. The highest BCUT2D eigenvalue weighted by molar-refractivity contribution is 5.97. The number of aliphatic carboxylic acids is 2.